The molecule has 140 valence electrons. The zero-order chi connectivity index (χ0) is 20.0. The first-order valence-corrected chi connectivity index (χ1v) is 8.74. The number of carbonyl (C=O) groups excluding carboxylic acids is 1. The molecule has 1 aliphatic heterocycles. The molecule has 0 aromatic carbocycles. The summed E-state index contributed by atoms with van der Waals surface area (Å²) in [4.78, 5) is 18.3. The summed E-state index contributed by atoms with van der Waals surface area (Å²) in [6.07, 6.45) is 6.72. The minimum Gasteiger partial charge on any atom is -0.475 e. The molecule has 0 unspecified atom stereocenters. The second kappa shape index (κ2) is 8.54. The van der Waals surface area contributed by atoms with Gasteiger partial charge in [0, 0.05) is 11.2 Å². The Morgan fingerprint density at radius 1 is 1.41 bits per heavy atom. The van der Waals surface area contributed by atoms with Gasteiger partial charge in [0.1, 0.15) is 24.3 Å². The first-order chi connectivity index (χ1) is 12.8. The fourth-order valence-corrected chi connectivity index (χ4v) is 2.88. The second-order valence-corrected chi connectivity index (χ2v) is 7.15. The fraction of sp³-hybridized carbons (Fsp3) is 0.500. The van der Waals surface area contributed by atoms with E-state index in [0.717, 1.165) is 5.69 Å². The van der Waals surface area contributed by atoms with E-state index in [1.165, 1.54) is 4.90 Å². The molecule has 1 fully saturated rings. The lowest BCUT2D eigenvalue weighted by molar-refractivity contribution is -0.131. The second-order valence-electron chi connectivity index (χ2n) is 7.15. The summed E-state index contributed by atoms with van der Waals surface area (Å²) in [6.45, 7) is 5.84. The molecule has 0 aliphatic carbocycles. The summed E-state index contributed by atoms with van der Waals surface area (Å²) >= 11 is 0. The van der Waals surface area contributed by atoms with Crippen LogP contribution in [0, 0.1) is 41.9 Å². The molecular formula is C20H23N5O2. The maximum absolute atomic E-state index is 12.6. The number of aryl methyl sites for hydroxylation is 1. The van der Waals surface area contributed by atoms with Crippen LogP contribution in [0.15, 0.2) is 12.1 Å². The van der Waals surface area contributed by atoms with Gasteiger partial charge >= 0.3 is 0 Å². The number of hydrogen-bond donors (Lipinski definition) is 1. The maximum atomic E-state index is 12.6. The number of pyridine rings is 1. The zero-order valence-corrected chi connectivity index (χ0v) is 15.8. The first-order valence-electron chi connectivity index (χ1n) is 8.74. The Bertz CT molecular complexity index is 806. The molecule has 0 spiro atoms. The number of likely N-dealkylation sites (tertiary alicyclic amines) is 1. The standard InChI is InChI=1S/C20H23N5O2/c1-5-16-8-9-17(11-22)25(16)18(26)12-23-20(3,4)13-27-19-15(10-21)7-6-14(2)24-19/h1,6-7,16-17,23H,8-9,12-13H2,2-4H3/t16-,17-/m0/s1. The van der Waals surface area contributed by atoms with E-state index in [0.29, 0.717) is 18.4 Å². The minimum atomic E-state index is -0.554. The Hall–Kier alpha value is -3.08. The van der Waals surface area contributed by atoms with Gasteiger partial charge in [-0.15, -0.1) is 6.42 Å². The molecule has 0 saturated carbocycles. The molecule has 2 rings (SSSR count). The highest BCUT2D eigenvalue weighted by Gasteiger charge is 2.36. The molecule has 1 aromatic heterocycles. The molecule has 1 amide bonds. The number of aromatic nitrogens is 1. The lowest BCUT2D eigenvalue weighted by Crippen LogP contribution is -2.51. The number of nitrogens with one attached hydrogen (secondary N) is 1. The molecule has 2 atom stereocenters. The Morgan fingerprint density at radius 3 is 2.74 bits per heavy atom. The quantitative estimate of drug-likeness (QED) is 0.767. The summed E-state index contributed by atoms with van der Waals surface area (Å²) in [7, 11) is 0. The van der Waals surface area contributed by atoms with Crippen molar-refractivity contribution < 1.29 is 9.53 Å². The average Bonchev–Trinajstić information content (AvgIpc) is 3.08. The highest BCUT2D eigenvalue weighted by Crippen LogP contribution is 2.23. The third kappa shape index (κ3) is 4.97. The summed E-state index contributed by atoms with van der Waals surface area (Å²) in [5.74, 6) is 2.65. The lowest BCUT2D eigenvalue weighted by atomic mass is 10.1. The number of hydrogen-bond acceptors (Lipinski definition) is 6. The smallest absolute Gasteiger partial charge is 0.238 e. The molecule has 27 heavy (non-hydrogen) atoms. The maximum Gasteiger partial charge on any atom is 0.238 e. The van der Waals surface area contributed by atoms with Crippen molar-refractivity contribution in [3.05, 3.63) is 23.4 Å². The number of terminal acetylenes is 1. The molecule has 1 N–H and O–H groups in total. The van der Waals surface area contributed by atoms with Gasteiger partial charge in [0.25, 0.3) is 0 Å². The molecule has 0 bridgehead atoms. The molecule has 7 nitrogen and oxygen atoms in total. The van der Waals surface area contributed by atoms with Crippen LogP contribution in [0.25, 0.3) is 0 Å². The van der Waals surface area contributed by atoms with Crippen molar-refractivity contribution in [2.45, 2.75) is 51.2 Å². The van der Waals surface area contributed by atoms with Crippen molar-refractivity contribution in [1.82, 2.24) is 15.2 Å². The first kappa shape index (κ1) is 20.2. The van der Waals surface area contributed by atoms with Crippen molar-refractivity contribution in [2.24, 2.45) is 0 Å². The van der Waals surface area contributed by atoms with Crippen LogP contribution in [0.4, 0.5) is 0 Å². The molecule has 7 heteroatoms. The van der Waals surface area contributed by atoms with Gasteiger partial charge in [-0.2, -0.15) is 10.5 Å². The van der Waals surface area contributed by atoms with Crippen LogP contribution in [0.3, 0.4) is 0 Å². The summed E-state index contributed by atoms with van der Waals surface area (Å²) in [5.41, 5.74) is 0.557. The van der Waals surface area contributed by atoms with Crippen LogP contribution in [-0.4, -0.2) is 46.6 Å². The Morgan fingerprint density at radius 2 is 2.11 bits per heavy atom. The molecule has 2 heterocycles. The summed E-state index contributed by atoms with van der Waals surface area (Å²) in [6, 6.07) is 6.79. The van der Waals surface area contributed by atoms with Crippen LogP contribution >= 0.6 is 0 Å². The van der Waals surface area contributed by atoms with Gasteiger partial charge in [0.15, 0.2) is 0 Å². The van der Waals surface area contributed by atoms with E-state index in [9.17, 15) is 10.1 Å². The fourth-order valence-electron chi connectivity index (χ4n) is 2.88. The van der Waals surface area contributed by atoms with Crippen LogP contribution in [0.1, 0.15) is 37.9 Å². The molecular weight excluding hydrogens is 342 g/mol. The van der Waals surface area contributed by atoms with Crippen molar-refractivity contribution in [3.63, 3.8) is 0 Å². The topological polar surface area (TPSA) is 102 Å². The number of rotatable bonds is 6. The van der Waals surface area contributed by atoms with E-state index in [-0.39, 0.29) is 31.0 Å². The van der Waals surface area contributed by atoms with E-state index in [1.54, 1.807) is 12.1 Å². The van der Waals surface area contributed by atoms with E-state index in [2.05, 4.69) is 28.4 Å². The van der Waals surface area contributed by atoms with Gasteiger partial charge in [0.05, 0.1) is 18.7 Å². The number of carbonyl (C=O) groups is 1. The van der Waals surface area contributed by atoms with Gasteiger partial charge in [0.2, 0.25) is 11.8 Å². The Labute approximate surface area is 159 Å². The summed E-state index contributed by atoms with van der Waals surface area (Å²) < 4.78 is 5.71. The zero-order valence-electron chi connectivity index (χ0n) is 15.8. The van der Waals surface area contributed by atoms with Crippen molar-refractivity contribution >= 4 is 5.91 Å². The highest BCUT2D eigenvalue weighted by atomic mass is 16.5. The largest absolute Gasteiger partial charge is 0.475 e. The van der Waals surface area contributed by atoms with Crippen LogP contribution < -0.4 is 10.1 Å². The van der Waals surface area contributed by atoms with Gasteiger partial charge in [-0.1, -0.05) is 5.92 Å². The van der Waals surface area contributed by atoms with Gasteiger partial charge < -0.3 is 15.0 Å². The van der Waals surface area contributed by atoms with Crippen LogP contribution in [0.2, 0.25) is 0 Å². The normalized spacial score (nSPS) is 19.0. The third-order valence-corrected chi connectivity index (χ3v) is 4.42. The number of nitrogens with zero attached hydrogens (tertiary/aromatic N) is 4. The van der Waals surface area contributed by atoms with Crippen molar-refractivity contribution in [3.8, 4) is 30.4 Å². The predicted octanol–water partition coefficient (Wildman–Crippen LogP) is 1.53. The van der Waals surface area contributed by atoms with E-state index in [1.807, 2.05) is 20.8 Å². The van der Waals surface area contributed by atoms with Gasteiger partial charge in [-0.3, -0.25) is 4.79 Å². The Kier molecular flexibility index (Phi) is 6.40. The van der Waals surface area contributed by atoms with Gasteiger partial charge in [-0.05, 0) is 45.7 Å². The monoisotopic (exact) mass is 365 g/mol. The molecule has 0 radical (unpaired) electrons. The van der Waals surface area contributed by atoms with Crippen LogP contribution in [-0.2, 0) is 4.79 Å². The summed E-state index contributed by atoms with van der Waals surface area (Å²) in [5, 5.41) is 21.5. The molecule has 1 aliphatic rings. The van der Waals surface area contributed by atoms with Crippen LogP contribution in [0.5, 0.6) is 5.88 Å². The minimum absolute atomic E-state index is 0.0407. The van der Waals surface area contributed by atoms with E-state index in [4.69, 9.17) is 16.4 Å². The SMILES string of the molecule is C#C[C@H]1CC[C@@H](C#N)N1C(=O)CNC(C)(C)COc1nc(C)ccc1C#N. The number of amides is 1. The Balaban J connectivity index is 1.96. The highest BCUT2D eigenvalue weighted by molar-refractivity contribution is 5.80. The third-order valence-electron chi connectivity index (χ3n) is 4.42. The lowest BCUT2D eigenvalue weighted by Gasteiger charge is -2.29. The van der Waals surface area contributed by atoms with Crippen molar-refractivity contribution in [2.75, 3.05) is 13.2 Å². The predicted molar refractivity (Wildman–Crippen MR) is 99.4 cm³/mol. The van der Waals surface area contributed by atoms with E-state index >= 15 is 0 Å². The molecule has 1 aromatic rings. The van der Waals surface area contributed by atoms with Gasteiger partial charge in [-0.25, -0.2) is 4.98 Å². The molecule has 1 saturated heterocycles. The average molecular weight is 365 g/mol. The van der Waals surface area contributed by atoms with Crippen molar-refractivity contribution in [1.29, 1.82) is 10.5 Å². The number of nitriles is 2. The van der Waals surface area contributed by atoms with E-state index < -0.39 is 11.6 Å². The number of ether oxygens (including phenoxy) is 1.